The van der Waals surface area contributed by atoms with Gasteiger partial charge in [0.15, 0.2) is 9.70 Å². The molecule has 86 valence electrons. The third kappa shape index (κ3) is 2.25. The second kappa shape index (κ2) is 4.50. The van der Waals surface area contributed by atoms with Gasteiger partial charge < -0.3 is 5.11 Å². The summed E-state index contributed by atoms with van der Waals surface area (Å²) in [6.45, 7) is 0.296. The molecule has 1 aliphatic rings. The number of likely N-dealkylation sites (tertiary alicyclic amines) is 1. The first-order valence-electron chi connectivity index (χ1n) is 4.70. The molecule has 1 unspecified atom stereocenters. The highest BCUT2D eigenvalue weighted by Gasteiger charge is 2.35. The molecule has 0 spiro atoms. The van der Waals surface area contributed by atoms with E-state index < -0.39 is 12.1 Å². The standard InChI is InChI=1S/C9H9BrN2O3S/c10-8-11-5(4-16-8)3-6-7(13)1-2-12(6)9(14)15/h4,6H,1-3H2,(H,14,15). The van der Waals surface area contributed by atoms with E-state index in [2.05, 4.69) is 20.9 Å². The number of hydrogen-bond donors (Lipinski definition) is 1. The predicted molar refractivity (Wildman–Crippen MR) is 61.7 cm³/mol. The number of aromatic nitrogens is 1. The average molecular weight is 305 g/mol. The molecule has 0 bridgehead atoms. The van der Waals surface area contributed by atoms with Crippen LogP contribution in [0.5, 0.6) is 0 Å². The van der Waals surface area contributed by atoms with E-state index in [-0.39, 0.29) is 5.78 Å². The van der Waals surface area contributed by atoms with Gasteiger partial charge in [0.2, 0.25) is 0 Å². The summed E-state index contributed by atoms with van der Waals surface area (Å²) < 4.78 is 0.745. The van der Waals surface area contributed by atoms with Gasteiger partial charge in [-0.15, -0.1) is 11.3 Å². The second-order valence-corrected chi connectivity index (χ2v) is 5.64. The fourth-order valence-corrected chi connectivity index (χ4v) is 2.81. The lowest BCUT2D eigenvalue weighted by Gasteiger charge is -2.18. The lowest BCUT2D eigenvalue weighted by molar-refractivity contribution is -0.119. The molecule has 0 aromatic carbocycles. The van der Waals surface area contributed by atoms with Crippen LogP contribution >= 0.6 is 27.3 Å². The zero-order valence-electron chi connectivity index (χ0n) is 8.22. The van der Waals surface area contributed by atoms with Gasteiger partial charge in [-0.05, 0) is 15.9 Å². The van der Waals surface area contributed by atoms with Crippen LogP contribution in [0.25, 0.3) is 0 Å². The Morgan fingerprint density at radius 2 is 2.50 bits per heavy atom. The van der Waals surface area contributed by atoms with Crippen LogP contribution in [0, 0.1) is 0 Å². The van der Waals surface area contributed by atoms with Crippen molar-refractivity contribution in [3.05, 3.63) is 15.0 Å². The lowest BCUT2D eigenvalue weighted by atomic mass is 10.1. The number of carbonyl (C=O) groups is 2. The number of carbonyl (C=O) groups excluding carboxylic acids is 1. The summed E-state index contributed by atoms with van der Waals surface area (Å²) in [4.78, 5) is 27.8. The first kappa shape index (κ1) is 11.5. The Morgan fingerprint density at radius 3 is 3.06 bits per heavy atom. The molecule has 5 nitrogen and oxygen atoms in total. The van der Waals surface area contributed by atoms with Gasteiger partial charge in [-0.25, -0.2) is 9.78 Å². The van der Waals surface area contributed by atoms with Crippen molar-refractivity contribution < 1.29 is 14.7 Å². The molecular formula is C9H9BrN2O3S. The minimum absolute atomic E-state index is 0.0217. The number of carboxylic acid groups (broad SMARTS) is 1. The van der Waals surface area contributed by atoms with Crippen molar-refractivity contribution in [2.75, 3.05) is 6.54 Å². The molecular weight excluding hydrogens is 296 g/mol. The van der Waals surface area contributed by atoms with Gasteiger partial charge >= 0.3 is 6.09 Å². The van der Waals surface area contributed by atoms with Crippen LogP contribution in [0.2, 0.25) is 0 Å². The molecule has 0 radical (unpaired) electrons. The van der Waals surface area contributed by atoms with Crippen molar-refractivity contribution in [3.8, 4) is 0 Å². The summed E-state index contributed by atoms with van der Waals surface area (Å²) in [5.41, 5.74) is 0.753. The highest BCUT2D eigenvalue weighted by Crippen LogP contribution is 2.21. The molecule has 1 amide bonds. The quantitative estimate of drug-likeness (QED) is 0.904. The van der Waals surface area contributed by atoms with Gasteiger partial charge in [-0.2, -0.15) is 0 Å². The number of rotatable bonds is 2. The molecule has 16 heavy (non-hydrogen) atoms. The van der Waals surface area contributed by atoms with Crippen molar-refractivity contribution >= 4 is 39.1 Å². The second-order valence-electron chi connectivity index (χ2n) is 3.50. The van der Waals surface area contributed by atoms with E-state index in [1.807, 2.05) is 5.38 Å². The maximum atomic E-state index is 11.6. The molecule has 2 heterocycles. The molecule has 2 rings (SSSR count). The minimum atomic E-state index is -1.04. The SMILES string of the molecule is O=C1CCN(C(=O)O)C1Cc1csc(Br)n1. The van der Waals surface area contributed by atoms with E-state index >= 15 is 0 Å². The largest absolute Gasteiger partial charge is 0.465 e. The highest BCUT2D eigenvalue weighted by atomic mass is 79.9. The molecule has 1 saturated heterocycles. The van der Waals surface area contributed by atoms with E-state index in [1.165, 1.54) is 16.2 Å². The molecule has 0 aliphatic carbocycles. The molecule has 1 aromatic rings. The van der Waals surface area contributed by atoms with Crippen LogP contribution in [0.1, 0.15) is 12.1 Å². The summed E-state index contributed by atoms with van der Waals surface area (Å²) in [5.74, 6) is -0.0217. The predicted octanol–water partition coefficient (Wildman–Crippen LogP) is 1.77. The summed E-state index contributed by atoms with van der Waals surface area (Å²) in [6.07, 6.45) is -0.361. The maximum absolute atomic E-state index is 11.6. The zero-order valence-corrected chi connectivity index (χ0v) is 10.6. The Hall–Kier alpha value is -0.950. The lowest BCUT2D eigenvalue weighted by Crippen LogP contribution is -2.38. The monoisotopic (exact) mass is 304 g/mol. The average Bonchev–Trinajstić information content (AvgIpc) is 2.76. The number of ketones is 1. The van der Waals surface area contributed by atoms with E-state index in [4.69, 9.17) is 5.11 Å². The molecule has 1 fully saturated rings. The van der Waals surface area contributed by atoms with Gasteiger partial charge in [0, 0.05) is 24.8 Å². The Labute approximate surface area is 104 Å². The highest BCUT2D eigenvalue weighted by molar-refractivity contribution is 9.11. The van der Waals surface area contributed by atoms with Crippen LogP contribution in [0.3, 0.4) is 0 Å². The molecule has 0 saturated carbocycles. The molecule has 7 heteroatoms. The van der Waals surface area contributed by atoms with E-state index in [9.17, 15) is 9.59 Å². The summed E-state index contributed by atoms with van der Waals surface area (Å²) >= 11 is 4.66. The van der Waals surface area contributed by atoms with Crippen LogP contribution in [-0.4, -0.2) is 39.5 Å². The number of nitrogens with zero attached hydrogens (tertiary/aromatic N) is 2. The number of Topliss-reactive ketones (excluding diaryl/α,β-unsaturated/α-hetero) is 1. The molecule has 1 aromatic heterocycles. The fourth-order valence-electron chi connectivity index (χ4n) is 1.75. The smallest absolute Gasteiger partial charge is 0.407 e. The van der Waals surface area contributed by atoms with Crippen LogP contribution < -0.4 is 0 Å². The Bertz CT molecular complexity index is 434. The number of thiazole rings is 1. The van der Waals surface area contributed by atoms with Gasteiger partial charge in [0.25, 0.3) is 0 Å². The number of hydrogen-bond acceptors (Lipinski definition) is 4. The summed E-state index contributed by atoms with van der Waals surface area (Å²) in [5, 5.41) is 10.8. The molecule has 1 aliphatic heterocycles. The Balaban J connectivity index is 2.12. The first-order valence-corrected chi connectivity index (χ1v) is 6.37. The van der Waals surface area contributed by atoms with Crippen LogP contribution in [0.15, 0.2) is 9.30 Å². The number of halogens is 1. The summed E-state index contributed by atoms with van der Waals surface area (Å²) in [7, 11) is 0. The topological polar surface area (TPSA) is 70.5 Å². The van der Waals surface area contributed by atoms with Gasteiger partial charge in [0.1, 0.15) is 0 Å². The third-order valence-electron chi connectivity index (χ3n) is 2.52. The maximum Gasteiger partial charge on any atom is 0.407 e. The van der Waals surface area contributed by atoms with Crippen molar-refractivity contribution in [1.82, 2.24) is 9.88 Å². The zero-order chi connectivity index (χ0) is 11.7. The van der Waals surface area contributed by atoms with Crippen molar-refractivity contribution in [1.29, 1.82) is 0 Å². The first-order chi connectivity index (χ1) is 7.58. The fraction of sp³-hybridized carbons (Fsp3) is 0.444. The van der Waals surface area contributed by atoms with Crippen LogP contribution in [0.4, 0.5) is 4.79 Å². The third-order valence-corrected chi connectivity index (χ3v) is 3.93. The van der Waals surface area contributed by atoms with Crippen molar-refractivity contribution in [2.45, 2.75) is 18.9 Å². The summed E-state index contributed by atoms with van der Waals surface area (Å²) in [6, 6.07) is -0.563. The minimum Gasteiger partial charge on any atom is -0.465 e. The van der Waals surface area contributed by atoms with Gasteiger partial charge in [0.05, 0.1) is 11.7 Å². The van der Waals surface area contributed by atoms with E-state index in [1.54, 1.807) is 0 Å². The number of amides is 1. The van der Waals surface area contributed by atoms with E-state index in [0.29, 0.717) is 19.4 Å². The van der Waals surface area contributed by atoms with Crippen molar-refractivity contribution in [2.24, 2.45) is 0 Å². The molecule has 1 atom stereocenters. The molecule has 1 N–H and O–H groups in total. The van der Waals surface area contributed by atoms with Crippen molar-refractivity contribution in [3.63, 3.8) is 0 Å². The van der Waals surface area contributed by atoms with Crippen LogP contribution in [-0.2, 0) is 11.2 Å². The van der Waals surface area contributed by atoms with Gasteiger partial charge in [-0.1, -0.05) is 0 Å². The van der Waals surface area contributed by atoms with Gasteiger partial charge in [-0.3, -0.25) is 9.69 Å². The Morgan fingerprint density at radius 1 is 1.75 bits per heavy atom. The normalized spacial score (nSPS) is 20.4. The Kier molecular flexibility index (Phi) is 3.25. The van der Waals surface area contributed by atoms with E-state index in [0.717, 1.165) is 9.61 Å².